The van der Waals surface area contributed by atoms with E-state index >= 15 is 0 Å². The van der Waals surface area contributed by atoms with Gasteiger partial charge < -0.3 is 9.47 Å². The molecule has 0 atom stereocenters. The number of benzene rings is 11. The molecule has 0 spiro atoms. The molecule has 0 aromatic heterocycles. The second kappa shape index (κ2) is 41.1. The van der Waals surface area contributed by atoms with E-state index in [2.05, 4.69) is 215 Å². The zero-order valence-electron chi connectivity index (χ0n) is 52.9. The van der Waals surface area contributed by atoms with Crippen molar-refractivity contribution in [3.63, 3.8) is 0 Å². The van der Waals surface area contributed by atoms with Gasteiger partial charge >= 0.3 is 6.18 Å². The molecule has 0 radical (unpaired) electrons. The van der Waals surface area contributed by atoms with Crippen molar-refractivity contribution in [3.8, 4) is 22.6 Å². The Morgan fingerprint density at radius 3 is 1.03 bits per heavy atom. The predicted octanol–water partition coefficient (Wildman–Crippen LogP) is 23.9. The number of alkyl halides is 3. The second-order valence-electron chi connectivity index (χ2n) is 20.9. The first-order valence-corrected chi connectivity index (χ1v) is 28.9. The molecule has 2 nitrogen and oxygen atoms in total. The maximum atomic E-state index is 12.1. The summed E-state index contributed by atoms with van der Waals surface area (Å²) in [6.07, 6.45) is -4.21. The lowest BCUT2D eigenvalue weighted by atomic mass is 10.0. The van der Waals surface area contributed by atoms with Crippen LogP contribution in [0.4, 0.5) is 17.6 Å². The van der Waals surface area contributed by atoms with Gasteiger partial charge in [-0.05, 0) is 172 Å². The van der Waals surface area contributed by atoms with Crippen molar-refractivity contribution in [1.82, 2.24) is 0 Å². The largest absolute Gasteiger partial charge is 0.497 e. The molecule has 87 heavy (non-hydrogen) atoms. The lowest BCUT2D eigenvalue weighted by molar-refractivity contribution is -0.137. The Balaban J connectivity index is 0.000000335. The minimum Gasteiger partial charge on any atom is -0.497 e. The number of hydrogen-bond donors (Lipinski definition) is 0. The van der Waals surface area contributed by atoms with Crippen molar-refractivity contribution in [1.29, 1.82) is 0 Å². The SMILES string of the molecule is C.CCOc1ccc(C)cc1.COc1ccc(C)cc1.Cc1ccc(-c2ccccc2)cc1.Cc1ccc(C(F)(F)F)cc1.Cc1ccc(C)c(C)c1.Cc1ccc(C)cc1.Cc1ccc(F)cc1.Cc1ccc2ccccc2c1.Cc1ccccc1. The molecule has 6 heteroatoms. The van der Waals surface area contributed by atoms with E-state index in [-0.39, 0.29) is 13.2 Å². The van der Waals surface area contributed by atoms with Gasteiger partial charge in [-0.15, -0.1) is 0 Å². The maximum absolute atomic E-state index is 12.1. The van der Waals surface area contributed by atoms with Gasteiger partial charge in [0, 0.05) is 0 Å². The molecule has 0 aliphatic heterocycles. The van der Waals surface area contributed by atoms with E-state index in [4.69, 9.17) is 9.47 Å². The summed E-state index contributed by atoms with van der Waals surface area (Å²) in [5.74, 6) is 1.70. The summed E-state index contributed by atoms with van der Waals surface area (Å²) in [4.78, 5) is 0. The average Bonchev–Trinajstić information content (AvgIpc) is 3.62. The van der Waals surface area contributed by atoms with Crippen LogP contribution in [0.5, 0.6) is 11.5 Å². The lowest BCUT2D eigenvalue weighted by Crippen LogP contribution is -2.03. The highest BCUT2D eigenvalue weighted by Gasteiger charge is 2.29. The van der Waals surface area contributed by atoms with Crippen molar-refractivity contribution in [2.45, 2.75) is 104 Å². The molecular weight excluding hydrogens is 1080 g/mol. The third-order valence-corrected chi connectivity index (χ3v) is 12.9. The van der Waals surface area contributed by atoms with Gasteiger partial charge in [-0.1, -0.05) is 281 Å². The fraction of sp³-hybridized carbons (Fsp3) is 0.210. The van der Waals surface area contributed by atoms with Crippen LogP contribution in [0.25, 0.3) is 21.9 Å². The molecule has 0 heterocycles. The van der Waals surface area contributed by atoms with E-state index in [0.29, 0.717) is 0 Å². The maximum Gasteiger partial charge on any atom is 0.416 e. The topological polar surface area (TPSA) is 18.5 Å². The minimum atomic E-state index is -4.21. The summed E-state index contributed by atoms with van der Waals surface area (Å²) in [5, 5.41) is 2.64. The third-order valence-electron chi connectivity index (χ3n) is 12.9. The fourth-order valence-corrected chi connectivity index (χ4v) is 7.50. The van der Waals surface area contributed by atoms with Gasteiger partial charge in [0.1, 0.15) is 17.3 Å². The Kier molecular flexibility index (Phi) is 35.0. The van der Waals surface area contributed by atoms with Gasteiger partial charge in [0.05, 0.1) is 19.3 Å². The van der Waals surface area contributed by atoms with Crippen molar-refractivity contribution >= 4 is 10.8 Å². The zero-order chi connectivity index (χ0) is 63.3. The van der Waals surface area contributed by atoms with Gasteiger partial charge in [0.15, 0.2) is 0 Å². The molecule has 0 bridgehead atoms. The van der Waals surface area contributed by atoms with Gasteiger partial charge in [-0.3, -0.25) is 0 Å². The van der Waals surface area contributed by atoms with E-state index in [1.807, 2.05) is 86.6 Å². The molecule has 0 amide bonds. The predicted molar refractivity (Wildman–Crippen MR) is 367 cm³/mol. The van der Waals surface area contributed by atoms with Crippen molar-refractivity contribution in [3.05, 3.63) is 345 Å². The van der Waals surface area contributed by atoms with E-state index in [1.54, 1.807) is 26.2 Å². The van der Waals surface area contributed by atoms with Crippen LogP contribution in [-0.2, 0) is 6.18 Å². The van der Waals surface area contributed by atoms with E-state index in [1.165, 1.54) is 102 Å². The first kappa shape index (κ1) is 74.1. The molecule has 0 fully saturated rings. The van der Waals surface area contributed by atoms with Crippen LogP contribution in [0.1, 0.15) is 86.7 Å². The van der Waals surface area contributed by atoms with Crippen molar-refractivity contribution in [2.75, 3.05) is 13.7 Å². The first-order chi connectivity index (χ1) is 41.0. The number of rotatable bonds is 4. The highest BCUT2D eigenvalue weighted by atomic mass is 19.4. The Bertz CT molecular complexity index is 3440. The average molecular weight is 1170 g/mol. The molecule has 0 saturated carbocycles. The normalized spacial score (nSPS) is 9.68. The summed E-state index contributed by atoms with van der Waals surface area (Å²) in [6.45, 7) is 27.4. The third kappa shape index (κ3) is 32.8. The van der Waals surface area contributed by atoms with Crippen LogP contribution in [0.3, 0.4) is 0 Å². The number of aryl methyl sites for hydroxylation is 12. The Hall–Kier alpha value is -9.00. The number of hydrogen-bond acceptors (Lipinski definition) is 2. The Labute approximate surface area is 520 Å². The van der Waals surface area contributed by atoms with Crippen LogP contribution in [0, 0.1) is 88.9 Å². The Morgan fingerprint density at radius 1 is 0.310 bits per heavy atom. The number of methoxy groups -OCH3 is 1. The van der Waals surface area contributed by atoms with Gasteiger partial charge in [0.25, 0.3) is 0 Å². The summed E-state index contributed by atoms with van der Waals surface area (Å²) >= 11 is 0. The van der Waals surface area contributed by atoms with E-state index < -0.39 is 11.7 Å². The summed E-state index contributed by atoms with van der Waals surface area (Å²) in [6, 6.07) is 86.7. The minimum absolute atomic E-state index is 0. The second-order valence-corrected chi connectivity index (χ2v) is 20.9. The smallest absolute Gasteiger partial charge is 0.416 e. The number of ether oxygens (including phenoxy) is 2. The fourth-order valence-electron chi connectivity index (χ4n) is 7.50. The zero-order valence-corrected chi connectivity index (χ0v) is 52.9. The molecule has 11 aromatic rings. The van der Waals surface area contributed by atoms with E-state index in [0.717, 1.165) is 41.4 Å². The molecule has 0 unspecified atom stereocenters. The molecule has 0 N–H and O–H groups in total. The number of fused-ring (bicyclic) bond motifs is 1. The summed E-state index contributed by atoms with van der Waals surface area (Å²) < 4.78 is 58.1. The summed E-state index contributed by atoms with van der Waals surface area (Å²) in [5.41, 5.74) is 17.1. The van der Waals surface area contributed by atoms with Gasteiger partial charge in [-0.25, -0.2) is 4.39 Å². The van der Waals surface area contributed by atoms with Crippen molar-refractivity contribution in [2.24, 2.45) is 0 Å². The summed E-state index contributed by atoms with van der Waals surface area (Å²) in [7, 11) is 1.67. The molecule has 0 aliphatic carbocycles. The van der Waals surface area contributed by atoms with Crippen LogP contribution < -0.4 is 9.47 Å². The molecule has 456 valence electrons. The highest BCUT2D eigenvalue weighted by molar-refractivity contribution is 5.82. The molecule has 0 aliphatic rings. The van der Waals surface area contributed by atoms with Gasteiger partial charge in [0.2, 0.25) is 0 Å². The quantitative estimate of drug-likeness (QED) is 0.164. The van der Waals surface area contributed by atoms with Crippen LogP contribution in [0.2, 0.25) is 0 Å². The lowest BCUT2D eigenvalue weighted by Gasteiger charge is -2.05. The molecule has 0 saturated heterocycles. The first-order valence-electron chi connectivity index (χ1n) is 28.9. The van der Waals surface area contributed by atoms with Gasteiger partial charge in [-0.2, -0.15) is 13.2 Å². The Morgan fingerprint density at radius 2 is 0.644 bits per heavy atom. The molecular formula is C81H92F4O2. The van der Waals surface area contributed by atoms with E-state index in [9.17, 15) is 17.6 Å². The number of halogens is 4. The van der Waals surface area contributed by atoms with Crippen LogP contribution in [-0.4, -0.2) is 13.7 Å². The van der Waals surface area contributed by atoms with Crippen molar-refractivity contribution < 1.29 is 27.0 Å². The van der Waals surface area contributed by atoms with Crippen LogP contribution in [0.15, 0.2) is 267 Å². The highest BCUT2D eigenvalue weighted by Crippen LogP contribution is 2.29. The van der Waals surface area contributed by atoms with Crippen LogP contribution >= 0.6 is 0 Å². The molecule has 11 aromatic carbocycles. The standard InChI is InChI=1S/C13H12.C11H10.C9H12O.C9H12.C8H7F3.C8H10O.C8H10.C7H7F.C7H8.CH4/c1-11-7-9-13(10-8-11)12-5-3-2-4-6-12;1-9-6-7-10-4-2-3-5-11(10)8-9;1-3-10-9-6-4-8(2)5-7-9;1-7-4-5-8(2)9(3)6-7;1-6-2-4-7(5-3-6)8(9,10)11;1-7-3-5-8(9-2)6-4-7;1-7-3-5-8(2)6-4-7;1-6-2-4-7(8)5-3-6;1-7-5-3-2-4-6-7;/h2-10H,1H3;2-8H,1H3;4-7H,3H2,1-2H3;4-6H,1-3H3;2-5H,1H3;3-6H,1-2H3;3-6H,1-2H3;2-5H,1H3;2-6H,1H3;1H4. The monoisotopic (exact) mass is 1170 g/mol. The molecule has 11 rings (SSSR count).